The Morgan fingerprint density at radius 2 is 2.24 bits per heavy atom. The molecule has 3 N–H and O–H groups in total. The fraction of sp³-hybridized carbons (Fsp3) is 0.133. The number of nitrogens with two attached hydrogens (primary N) is 1. The predicted octanol–water partition coefficient (Wildman–Crippen LogP) is 2.51. The van der Waals surface area contributed by atoms with Crippen LogP contribution in [0.25, 0.3) is 10.2 Å². The van der Waals surface area contributed by atoms with E-state index in [9.17, 15) is 4.79 Å². The number of pyridine rings is 2. The topological polar surface area (TPSA) is 80.9 Å². The molecule has 0 radical (unpaired) electrons. The van der Waals surface area contributed by atoms with Gasteiger partial charge < -0.3 is 11.1 Å². The SMILES string of the molecule is Cc1ccncc1CNC(=O)c1sc2cccnc2c1N. The van der Waals surface area contributed by atoms with Gasteiger partial charge in [-0.2, -0.15) is 0 Å². The lowest BCUT2D eigenvalue weighted by Gasteiger charge is -2.06. The highest BCUT2D eigenvalue weighted by atomic mass is 32.1. The average molecular weight is 298 g/mol. The Balaban J connectivity index is 1.81. The lowest BCUT2D eigenvalue weighted by atomic mass is 10.1. The summed E-state index contributed by atoms with van der Waals surface area (Å²) in [4.78, 5) is 21.1. The van der Waals surface area contributed by atoms with Crippen LogP contribution in [0.1, 0.15) is 20.8 Å². The normalized spacial score (nSPS) is 10.7. The molecule has 0 aliphatic carbocycles. The van der Waals surface area contributed by atoms with E-state index in [1.54, 1.807) is 18.6 Å². The molecule has 0 unspecified atom stereocenters. The van der Waals surface area contributed by atoms with Gasteiger partial charge in [-0.1, -0.05) is 0 Å². The number of nitrogen functional groups attached to an aromatic ring is 1. The van der Waals surface area contributed by atoms with Crippen molar-refractivity contribution in [1.82, 2.24) is 15.3 Å². The van der Waals surface area contributed by atoms with Crippen LogP contribution in [-0.4, -0.2) is 15.9 Å². The van der Waals surface area contributed by atoms with Crippen LogP contribution in [0.3, 0.4) is 0 Å². The molecule has 106 valence electrons. The van der Waals surface area contributed by atoms with Gasteiger partial charge in [0.2, 0.25) is 0 Å². The van der Waals surface area contributed by atoms with Crippen molar-refractivity contribution in [3.8, 4) is 0 Å². The van der Waals surface area contributed by atoms with Crippen LogP contribution < -0.4 is 11.1 Å². The summed E-state index contributed by atoms with van der Waals surface area (Å²) >= 11 is 1.36. The van der Waals surface area contributed by atoms with Crippen molar-refractivity contribution in [2.24, 2.45) is 0 Å². The van der Waals surface area contributed by atoms with Crippen molar-refractivity contribution in [3.05, 3.63) is 52.8 Å². The molecule has 3 rings (SSSR count). The minimum absolute atomic E-state index is 0.182. The van der Waals surface area contributed by atoms with Crippen molar-refractivity contribution in [2.75, 3.05) is 5.73 Å². The van der Waals surface area contributed by atoms with Gasteiger partial charge in [-0.3, -0.25) is 14.8 Å². The Labute approximate surface area is 125 Å². The second kappa shape index (κ2) is 5.49. The number of hydrogen-bond acceptors (Lipinski definition) is 5. The van der Waals surface area contributed by atoms with Crippen LogP contribution in [0, 0.1) is 6.92 Å². The van der Waals surface area contributed by atoms with E-state index in [4.69, 9.17) is 5.73 Å². The molecule has 21 heavy (non-hydrogen) atoms. The molecule has 3 aromatic heterocycles. The van der Waals surface area contributed by atoms with Crippen molar-refractivity contribution < 1.29 is 4.79 Å². The number of nitrogens with zero attached hydrogens (tertiary/aromatic N) is 2. The summed E-state index contributed by atoms with van der Waals surface area (Å²) in [6.07, 6.45) is 5.16. The maximum atomic E-state index is 12.3. The summed E-state index contributed by atoms with van der Waals surface area (Å²) in [6, 6.07) is 5.66. The molecule has 0 aliphatic rings. The minimum Gasteiger partial charge on any atom is -0.396 e. The first-order valence-electron chi connectivity index (χ1n) is 6.47. The molecule has 0 bridgehead atoms. The number of aryl methyl sites for hydroxylation is 1. The summed E-state index contributed by atoms with van der Waals surface area (Å²) < 4.78 is 0.915. The molecule has 0 aromatic carbocycles. The third-order valence-electron chi connectivity index (χ3n) is 3.28. The molecule has 0 saturated heterocycles. The van der Waals surface area contributed by atoms with E-state index in [-0.39, 0.29) is 5.91 Å². The van der Waals surface area contributed by atoms with E-state index >= 15 is 0 Å². The molecular formula is C15H14N4OS. The maximum absolute atomic E-state index is 12.3. The van der Waals surface area contributed by atoms with Crippen LogP contribution in [0.4, 0.5) is 5.69 Å². The van der Waals surface area contributed by atoms with Gasteiger partial charge in [-0.05, 0) is 36.2 Å². The van der Waals surface area contributed by atoms with E-state index in [1.165, 1.54) is 11.3 Å². The fourth-order valence-electron chi connectivity index (χ4n) is 2.05. The zero-order valence-electron chi connectivity index (χ0n) is 11.5. The molecule has 0 aliphatic heterocycles. The second-order valence-electron chi connectivity index (χ2n) is 4.68. The van der Waals surface area contributed by atoms with Crippen molar-refractivity contribution in [3.63, 3.8) is 0 Å². The van der Waals surface area contributed by atoms with Crippen LogP contribution in [0.5, 0.6) is 0 Å². The quantitative estimate of drug-likeness (QED) is 0.778. The summed E-state index contributed by atoms with van der Waals surface area (Å²) in [7, 11) is 0. The number of carbonyl (C=O) groups excluding carboxylic acids is 1. The van der Waals surface area contributed by atoms with E-state index in [0.29, 0.717) is 22.6 Å². The van der Waals surface area contributed by atoms with Crippen LogP contribution in [0.15, 0.2) is 36.8 Å². The van der Waals surface area contributed by atoms with Crippen LogP contribution in [-0.2, 0) is 6.54 Å². The number of fused-ring (bicyclic) bond motifs is 1. The molecule has 0 atom stereocenters. The monoisotopic (exact) mass is 298 g/mol. The van der Waals surface area contributed by atoms with Crippen LogP contribution >= 0.6 is 11.3 Å². The first-order chi connectivity index (χ1) is 10.2. The Bertz CT molecular complexity index is 812. The zero-order valence-corrected chi connectivity index (χ0v) is 12.3. The minimum atomic E-state index is -0.182. The van der Waals surface area contributed by atoms with E-state index in [2.05, 4.69) is 15.3 Å². The highest BCUT2D eigenvalue weighted by Crippen LogP contribution is 2.31. The van der Waals surface area contributed by atoms with E-state index in [0.717, 1.165) is 15.8 Å². The van der Waals surface area contributed by atoms with Crippen molar-refractivity contribution in [1.29, 1.82) is 0 Å². The van der Waals surface area contributed by atoms with Crippen molar-refractivity contribution in [2.45, 2.75) is 13.5 Å². The Morgan fingerprint density at radius 3 is 3.00 bits per heavy atom. The maximum Gasteiger partial charge on any atom is 0.263 e. The number of carbonyl (C=O) groups is 1. The Hall–Kier alpha value is -2.47. The molecule has 1 amide bonds. The summed E-state index contributed by atoms with van der Waals surface area (Å²) in [5, 5.41) is 2.88. The third kappa shape index (κ3) is 2.57. The smallest absolute Gasteiger partial charge is 0.263 e. The first kappa shape index (κ1) is 13.5. The lowest BCUT2D eigenvalue weighted by molar-refractivity contribution is 0.0956. The predicted molar refractivity (Wildman–Crippen MR) is 84.2 cm³/mol. The molecule has 0 spiro atoms. The van der Waals surface area contributed by atoms with Gasteiger partial charge in [0.25, 0.3) is 5.91 Å². The number of anilines is 1. The molecular weight excluding hydrogens is 284 g/mol. The second-order valence-corrected chi connectivity index (χ2v) is 5.73. The molecule has 0 saturated carbocycles. The van der Waals surface area contributed by atoms with E-state index < -0.39 is 0 Å². The number of aromatic nitrogens is 2. The number of rotatable bonds is 3. The Morgan fingerprint density at radius 1 is 1.38 bits per heavy atom. The zero-order chi connectivity index (χ0) is 14.8. The summed E-state index contributed by atoms with van der Waals surface area (Å²) in [5.41, 5.74) is 9.22. The summed E-state index contributed by atoms with van der Waals surface area (Å²) in [5.74, 6) is -0.182. The van der Waals surface area contributed by atoms with Crippen molar-refractivity contribution >= 4 is 33.1 Å². The van der Waals surface area contributed by atoms with Gasteiger partial charge in [0, 0.05) is 25.1 Å². The third-order valence-corrected chi connectivity index (χ3v) is 4.43. The highest BCUT2D eigenvalue weighted by molar-refractivity contribution is 7.21. The lowest BCUT2D eigenvalue weighted by Crippen LogP contribution is -2.23. The molecule has 5 nitrogen and oxygen atoms in total. The average Bonchev–Trinajstić information content (AvgIpc) is 2.84. The number of thiophene rings is 1. The largest absolute Gasteiger partial charge is 0.396 e. The van der Waals surface area contributed by atoms with Gasteiger partial charge in [0.15, 0.2) is 0 Å². The van der Waals surface area contributed by atoms with Gasteiger partial charge in [0.05, 0.1) is 10.4 Å². The number of amides is 1. The fourth-order valence-corrected chi connectivity index (χ4v) is 3.05. The van der Waals surface area contributed by atoms with Gasteiger partial charge in [-0.25, -0.2) is 0 Å². The number of nitrogens with one attached hydrogen (secondary N) is 1. The number of hydrogen-bond donors (Lipinski definition) is 2. The molecule has 3 heterocycles. The highest BCUT2D eigenvalue weighted by Gasteiger charge is 2.16. The van der Waals surface area contributed by atoms with Gasteiger partial charge in [0.1, 0.15) is 10.4 Å². The molecule has 0 fully saturated rings. The Kier molecular flexibility index (Phi) is 3.53. The first-order valence-corrected chi connectivity index (χ1v) is 7.29. The van der Waals surface area contributed by atoms with Gasteiger partial charge >= 0.3 is 0 Å². The molecule has 6 heteroatoms. The standard InChI is InChI=1S/C15H14N4OS/c1-9-4-6-17-7-10(9)8-19-15(20)14-12(16)13-11(21-14)3-2-5-18-13/h2-7H,8,16H2,1H3,(H,19,20). The van der Waals surface area contributed by atoms with Gasteiger partial charge in [-0.15, -0.1) is 11.3 Å². The van der Waals surface area contributed by atoms with Crippen LogP contribution in [0.2, 0.25) is 0 Å². The van der Waals surface area contributed by atoms with E-state index in [1.807, 2.05) is 25.1 Å². The summed E-state index contributed by atoms with van der Waals surface area (Å²) in [6.45, 7) is 2.42. The molecule has 3 aromatic rings.